The number of nitrogens with zero attached hydrogens (tertiary/aromatic N) is 5. The van der Waals surface area contributed by atoms with Crippen molar-refractivity contribution in [2.45, 2.75) is 25.6 Å². The highest BCUT2D eigenvalue weighted by atomic mass is 35.5. The smallest absolute Gasteiger partial charge is 0.154 e. The summed E-state index contributed by atoms with van der Waals surface area (Å²) in [6, 6.07) is 3.27. The van der Waals surface area contributed by atoms with E-state index in [0.717, 1.165) is 66.2 Å². The van der Waals surface area contributed by atoms with Crippen LogP contribution in [-0.2, 0) is 0 Å². The standard InChI is InChI=1S/C24H29ClFN7/c1-14-4-5-18-16(13-28-31-18)20(14)21-17(25)12-15-23(22(21)26)29-19(6-9-32(2)3)30-24(15)33-10-7-27-8-11-33/h4-5,12-13,22-23,27H,6-11H2,1-3H3,(H,28,31). The third-order valence-corrected chi connectivity index (χ3v) is 6.81. The van der Waals surface area contributed by atoms with Gasteiger partial charge in [0.05, 0.1) is 11.7 Å². The predicted octanol–water partition coefficient (Wildman–Crippen LogP) is 3.14. The van der Waals surface area contributed by atoms with E-state index in [1.807, 2.05) is 39.2 Å². The van der Waals surface area contributed by atoms with E-state index in [-0.39, 0.29) is 0 Å². The maximum atomic E-state index is 16.4. The van der Waals surface area contributed by atoms with Gasteiger partial charge in [0, 0.05) is 60.7 Å². The Morgan fingerprint density at radius 3 is 2.79 bits per heavy atom. The van der Waals surface area contributed by atoms with Gasteiger partial charge in [-0.05, 0) is 44.3 Å². The maximum absolute atomic E-state index is 16.4. The Morgan fingerprint density at radius 1 is 1.24 bits per heavy atom. The average molecular weight is 470 g/mol. The minimum Gasteiger partial charge on any atom is -0.354 e. The lowest BCUT2D eigenvalue weighted by Gasteiger charge is -2.38. The number of hydrogen-bond donors (Lipinski definition) is 2. The number of hydrogen-bond acceptors (Lipinski definition) is 6. The average Bonchev–Trinajstić information content (AvgIpc) is 3.28. The van der Waals surface area contributed by atoms with Gasteiger partial charge in [0.2, 0.25) is 0 Å². The number of benzene rings is 1. The Labute approximate surface area is 198 Å². The van der Waals surface area contributed by atoms with Gasteiger partial charge >= 0.3 is 0 Å². The van der Waals surface area contributed by atoms with Crippen LogP contribution in [0.1, 0.15) is 17.5 Å². The summed E-state index contributed by atoms with van der Waals surface area (Å²) in [5.41, 5.74) is 3.86. The fraction of sp³-hybridized carbons (Fsp3) is 0.458. The highest BCUT2D eigenvalue weighted by Crippen LogP contribution is 2.42. The molecule has 0 spiro atoms. The van der Waals surface area contributed by atoms with E-state index in [9.17, 15) is 0 Å². The second-order valence-electron chi connectivity index (χ2n) is 9.07. The molecule has 1 saturated heterocycles. The molecule has 7 nitrogen and oxygen atoms in total. The first kappa shape index (κ1) is 22.3. The number of rotatable bonds is 4. The fourth-order valence-electron chi connectivity index (χ4n) is 4.77. The van der Waals surface area contributed by atoms with Crippen LogP contribution in [-0.4, -0.2) is 90.7 Å². The van der Waals surface area contributed by atoms with Gasteiger partial charge in [-0.15, -0.1) is 0 Å². The van der Waals surface area contributed by atoms with Crippen LogP contribution in [0.15, 0.2) is 45.0 Å². The number of H-pyrrole nitrogens is 1. The molecule has 0 radical (unpaired) electrons. The number of nitrogens with one attached hydrogen (secondary N) is 2. The zero-order chi connectivity index (χ0) is 23.1. The number of aliphatic imine (C=N–C) groups is 2. The number of allylic oxidation sites excluding steroid dienone is 2. The number of piperazine rings is 1. The monoisotopic (exact) mass is 469 g/mol. The molecule has 174 valence electrons. The van der Waals surface area contributed by atoms with Crippen molar-refractivity contribution in [2.75, 3.05) is 46.8 Å². The van der Waals surface area contributed by atoms with E-state index in [0.29, 0.717) is 22.9 Å². The molecule has 2 unspecified atom stereocenters. The summed E-state index contributed by atoms with van der Waals surface area (Å²) in [6.45, 7) is 6.17. The van der Waals surface area contributed by atoms with Crippen LogP contribution in [0.5, 0.6) is 0 Å². The molecule has 1 fully saturated rings. The van der Waals surface area contributed by atoms with Gasteiger partial charge in [-0.25, -0.2) is 9.38 Å². The van der Waals surface area contributed by atoms with Gasteiger partial charge in [-0.3, -0.25) is 10.1 Å². The molecule has 2 aliphatic heterocycles. The summed E-state index contributed by atoms with van der Waals surface area (Å²) in [5.74, 6) is 1.50. The SMILES string of the molecule is Cc1ccc2[nH]ncc2c1C1=C(Cl)C=C2C(N3CCNCC3)=NC(CCN(C)C)=NC2C1F. The molecule has 33 heavy (non-hydrogen) atoms. The Morgan fingerprint density at radius 2 is 2.03 bits per heavy atom. The van der Waals surface area contributed by atoms with Crippen LogP contribution in [0, 0.1) is 6.92 Å². The quantitative estimate of drug-likeness (QED) is 0.721. The summed E-state index contributed by atoms with van der Waals surface area (Å²) in [6.07, 6.45) is 2.91. The molecule has 1 aliphatic carbocycles. The van der Waals surface area contributed by atoms with Gasteiger partial charge in [0.15, 0.2) is 6.17 Å². The van der Waals surface area contributed by atoms with Crippen molar-refractivity contribution in [2.24, 2.45) is 9.98 Å². The van der Waals surface area contributed by atoms with Crippen LogP contribution in [0.3, 0.4) is 0 Å². The maximum Gasteiger partial charge on any atom is 0.154 e. The molecule has 2 atom stereocenters. The fourth-order valence-corrected chi connectivity index (χ4v) is 5.09. The summed E-state index contributed by atoms with van der Waals surface area (Å²) < 4.78 is 16.4. The van der Waals surface area contributed by atoms with Crippen LogP contribution in [0.25, 0.3) is 16.5 Å². The van der Waals surface area contributed by atoms with Crippen LogP contribution in [0.2, 0.25) is 0 Å². The highest BCUT2D eigenvalue weighted by Gasteiger charge is 2.40. The van der Waals surface area contributed by atoms with Crippen LogP contribution >= 0.6 is 11.6 Å². The van der Waals surface area contributed by atoms with Crippen molar-refractivity contribution in [1.82, 2.24) is 25.3 Å². The minimum absolute atomic E-state index is 0.403. The Balaban J connectivity index is 1.62. The summed E-state index contributed by atoms with van der Waals surface area (Å²) in [7, 11) is 4.03. The van der Waals surface area contributed by atoms with Crippen molar-refractivity contribution < 1.29 is 4.39 Å². The molecule has 0 bridgehead atoms. The Bertz CT molecular complexity index is 1190. The molecule has 9 heteroatoms. The van der Waals surface area contributed by atoms with Gasteiger partial charge in [0.25, 0.3) is 0 Å². The van der Waals surface area contributed by atoms with Gasteiger partial charge in [-0.1, -0.05) is 17.7 Å². The second kappa shape index (κ2) is 9.00. The zero-order valence-electron chi connectivity index (χ0n) is 19.2. The molecule has 3 heterocycles. The van der Waals surface area contributed by atoms with E-state index in [1.54, 1.807) is 6.20 Å². The van der Waals surface area contributed by atoms with Gasteiger partial charge in [0.1, 0.15) is 17.7 Å². The normalized spacial score (nSPS) is 23.6. The lowest BCUT2D eigenvalue weighted by atomic mass is 9.83. The lowest BCUT2D eigenvalue weighted by molar-refractivity contribution is 0.343. The number of amidine groups is 2. The van der Waals surface area contributed by atoms with E-state index in [2.05, 4.69) is 25.3 Å². The van der Waals surface area contributed by atoms with Crippen LogP contribution in [0.4, 0.5) is 4.39 Å². The molecule has 5 rings (SSSR count). The number of aromatic amines is 1. The topological polar surface area (TPSA) is 71.9 Å². The second-order valence-corrected chi connectivity index (χ2v) is 9.47. The predicted molar refractivity (Wildman–Crippen MR) is 133 cm³/mol. The van der Waals surface area contributed by atoms with E-state index >= 15 is 4.39 Å². The zero-order valence-corrected chi connectivity index (χ0v) is 20.0. The molecule has 3 aliphatic rings. The number of fused-ring (bicyclic) bond motifs is 2. The Hall–Kier alpha value is -2.55. The van der Waals surface area contributed by atoms with Crippen LogP contribution < -0.4 is 5.32 Å². The van der Waals surface area contributed by atoms with Crippen molar-refractivity contribution in [3.63, 3.8) is 0 Å². The molecular formula is C24H29ClFN7. The molecule has 1 aromatic heterocycles. The Kier molecular flexibility index (Phi) is 6.07. The summed E-state index contributed by atoms with van der Waals surface area (Å²) in [5, 5.41) is 11.8. The molecule has 1 aromatic carbocycles. The number of aryl methyl sites for hydroxylation is 1. The van der Waals surface area contributed by atoms with Crippen molar-refractivity contribution >= 4 is 39.7 Å². The molecule has 0 saturated carbocycles. The van der Waals surface area contributed by atoms with E-state index in [4.69, 9.17) is 21.6 Å². The number of aromatic nitrogens is 2. The largest absolute Gasteiger partial charge is 0.354 e. The molecular weight excluding hydrogens is 441 g/mol. The van der Waals surface area contributed by atoms with Crippen molar-refractivity contribution in [3.05, 3.63) is 46.1 Å². The third-order valence-electron chi connectivity index (χ3n) is 6.49. The first-order valence-electron chi connectivity index (χ1n) is 11.4. The molecule has 2 aromatic rings. The van der Waals surface area contributed by atoms with Gasteiger partial charge in [-0.2, -0.15) is 5.10 Å². The third kappa shape index (κ3) is 4.11. The number of halogens is 2. The number of alkyl halides is 1. The summed E-state index contributed by atoms with van der Waals surface area (Å²) >= 11 is 6.81. The summed E-state index contributed by atoms with van der Waals surface area (Å²) in [4.78, 5) is 14.0. The van der Waals surface area contributed by atoms with Gasteiger partial charge < -0.3 is 15.1 Å². The lowest BCUT2D eigenvalue weighted by Crippen LogP contribution is -2.50. The molecule has 0 amide bonds. The molecule has 2 N–H and O–H groups in total. The van der Waals surface area contributed by atoms with E-state index < -0.39 is 12.2 Å². The first-order valence-corrected chi connectivity index (χ1v) is 11.8. The van der Waals surface area contributed by atoms with Crippen molar-refractivity contribution in [3.8, 4) is 0 Å². The van der Waals surface area contributed by atoms with E-state index in [1.165, 1.54) is 0 Å². The minimum atomic E-state index is -1.38. The van der Waals surface area contributed by atoms with Crippen molar-refractivity contribution in [1.29, 1.82) is 0 Å². The first-order chi connectivity index (χ1) is 15.9. The highest BCUT2D eigenvalue weighted by molar-refractivity contribution is 6.36.